The fourth-order valence-corrected chi connectivity index (χ4v) is 4.95. The van der Waals surface area contributed by atoms with E-state index in [-0.39, 0.29) is 17.0 Å². The summed E-state index contributed by atoms with van der Waals surface area (Å²) in [4.78, 5) is 27.6. The van der Waals surface area contributed by atoms with E-state index in [1.165, 1.54) is 21.2 Å². The van der Waals surface area contributed by atoms with Crippen LogP contribution in [0.5, 0.6) is 0 Å². The van der Waals surface area contributed by atoms with E-state index in [2.05, 4.69) is 5.32 Å². The molecule has 1 amide bonds. The van der Waals surface area contributed by atoms with Gasteiger partial charge in [-0.05, 0) is 44.0 Å². The van der Waals surface area contributed by atoms with Gasteiger partial charge in [0.05, 0.1) is 4.91 Å². The van der Waals surface area contributed by atoms with Gasteiger partial charge in [-0.3, -0.25) is 19.1 Å². The van der Waals surface area contributed by atoms with Gasteiger partial charge in [-0.25, -0.2) is 0 Å². The first-order valence-corrected chi connectivity index (χ1v) is 11.3. The van der Waals surface area contributed by atoms with Crippen molar-refractivity contribution in [3.05, 3.63) is 66.8 Å². The van der Waals surface area contributed by atoms with E-state index < -0.39 is 0 Å². The maximum Gasteiger partial charge on any atom is 0.270 e. The molecule has 31 heavy (non-hydrogen) atoms. The van der Waals surface area contributed by atoms with Crippen LogP contribution in [-0.2, 0) is 17.9 Å². The molecule has 1 aromatic carbocycles. The van der Waals surface area contributed by atoms with E-state index in [4.69, 9.17) is 23.8 Å². The molecular weight excluding hydrogens is 452 g/mol. The monoisotopic (exact) mass is 472 g/mol. The number of thiocarbonyl (C=S) groups is 1. The molecule has 2 heterocycles. The van der Waals surface area contributed by atoms with E-state index >= 15 is 0 Å². The van der Waals surface area contributed by atoms with Crippen LogP contribution in [0.2, 0.25) is 5.02 Å². The average molecular weight is 473 g/mol. The van der Waals surface area contributed by atoms with Gasteiger partial charge < -0.3 is 5.32 Å². The first-order valence-electron chi connectivity index (χ1n) is 9.74. The number of nitrogens with zero attached hydrogens (tertiary/aromatic N) is 3. The lowest BCUT2D eigenvalue weighted by atomic mass is 10.0. The molecule has 0 saturated carbocycles. The Morgan fingerprint density at radius 2 is 1.97 bits per heavy atom. The number of benzene rings is 1. The van der Waals surface area contributed by atoms with Gasteiger partial charge in [0.15, 0.2) is 0 Å². The fraction of sp³-hybridized carbons (Fsp3) is 0.273. The van der Waals surface area contributed by atoms with Crippen molar-refractivity contribution < 1.29 is 4.79 Å². The second kappa shape index (κ2) is 9.69. The number of halogens is 1. The minimum Gasteiger partial charge on any atom is -0.367 e. The summed E-state index contributed by atoms with van der Waals surface area (Å²) in [7, 11) is 0. The lowest BCUT2D eigenvalue weighted by Crippen LogP contribution is -2.28. The Morgan fingerprint density at radius 1 is 1.26 bits per heavy atom. The molecule has 0 aliphatic carbocycles. The zero-order valence-corrected chi connectivity index (χ0v) is 19.7. The van der Waals surface area contributed by atoms with Crippen molar-refractivity contribution in [2.75, 3.05) is 11.9 Å². The second-order valence-electron chi connectivity index (χ2n) is 6.79. The number of hydrogen-bond donors (Lipinski definition) is 1. The number of likely N-dealkylation sites (N-methyl/N-ethyl adjacent to an activating group) is 1. The predicted molar refractivity (Wildman–Crippen MR) is 130 cm³/mol. The number of rotatable bonds is 6. The van der Waals surface area contributed by atoms with E-state index in [1.54, 1.807) is 19.1 Å². The van der Waals surface area contributed by atoms with E-state index in [0.29, 0.717) is 50.8 Å². The highest BCUT2D eigenvalue weighted by Gasteiger charge is 2.31. The number of aromatic nitrogens is 1. The number of pyridine rings is 1. The molecule has 0 spiro atoms. The summed E-state index contributed by atoms with van der Waals surface area (Å²) in [5.74, 6) is 0.354. The third kappa shape index (κ3) is 4.40. The molecule has 9 heteroatoms. The van der Waals surface area contributed by atoms with Gasteiger partial charge in [0.2, 0.25) is 0 Å². The van der Waals surface area contributed by atoms with Crippen LogP contribution in [0.1, 0.15) is 36.1 Å². The number of anilines is 1. The largest absolute Gasteiger partial charge is 0.367 e. The predicted octanol–water partition coefficient (Wildman–Crippen LogP) is 4.53. The normalized spacial score (nSPS) is 14.9. The highest BCUT2D eigenvalue weighted by atomic mass is 35.5. The van der Waals surface area contributed by atoms with Gasteiger partial charge in [0, 0.05) is 30.2 Å². The molecule has 1 saturated heterocycles. The summed E-state index contributed by atoms with van der Waals surface area (Å²) >= 11 is 12.8. The smallest absolute Gasteiger partial charge is 0.270 e. The molecule has 0 radical (unpaired) electrons. The summed E-state index contributed by atoms with van der Waals surface area (Å²) in [6.07, 6.45) is 1.71. The molecule has 0 atom stereocenters. The van der Waals surface area contributed by atoms with Gasteiger partial charge in [0.1, 0.15) is 21.8 Å². The standard InChI is InChI=1S/C22H21ClN4O2S2/c1-4-26-19(25-12-14-8-6-7-9-17(14)23)15(13(3)16(11-24)20(26)28)10-18-21(29)27(5-2)22(30)31-18/h6-10,25H,4-5,12H2,1-3H3/b18-10+. The summed E-state index contributed by atoms with van der Waals surface area (Å²) in [5.41, 5.74) is 1.68. The second-order valence-corrected chi connectivity index (χ2v) is 8.88. The van der Waals surface area contributed by atoms with Crippen molar-refractivity contribution in [1.29, 1.82) is 5.26 Å². The first kappa shape index (κ1) is 23.1. The Labute approximate surface area is 195 Å². The Morgan fingerprint density at radius 3 is 2.55 bits per heavy atom. The molecule has 0 unspecified atom stereocenters. The summed E-state index contributed by atoms with van der Waals surface area (Å²) in [6, 6.07) is 9.44. The minimum absolute atomic E-state index is 0.0577. The molecule has 2 aromatic rings. The first-order chi connectivity index (χ1) is 14.8. The van der Waals surface area contributed by atoms with Crippen molar-refractivity contribution in [2.24, 2.45) is 0 Å². The van der Waals surface area contributed by atoms with Crippen molar-refractivity contribution in [3.8, 4) is 6.07 Å². The Kier molecular flexibility index (Phi) is 7.21. The molecule has 1 aromatic heterocycles. The topological polar surface area (TPSA) is 78.1 Å². The molecule has 1 fully saturated rings. The summed E-state index contributed by atoms with van der Waals surface area (Å²) in [6.45, 7) is 6.62. The number of thioether (sulfide) groups is 1. The lowest BCUT2D eigenvalue weighted by Gasteiger charge is -2.19. The van der Waals surface area contributed by atoms with Crippen molar-refractivity contribution >= 4 is 57.7 Å². The van der Waals surface area contributed by atoms with E-state index in [9.17, 15) is 14.9 Å². The molecule has 1 aliphatic heterocycles. The van der Waals surface area contributed by atoms with Gasteiger partial charge in [-0.15, -0.1) is 0 Å². The number of nitriles is 1. The van der Waals surface area contributed by atoms with Gasteiger partial charge in [-0.2, -0.15) is 5.26 Å². The lowest BCUT2D eigenvalue weighted by molar-refractivity contribution is -0.121. The number of hydrogen-bond acceptors (Lipinski definition) is 6. The molecular formula is C22H21ClN4O2S2. The van der Waals surface area contributed by atoms with Gasteiger partial charge in [-0.1, -0.05) is 53.8 Å². The number of amides is 1. The Balaban J connectivity index is 2.17. The van der Waals surface area contributed by atoms with Crippen LogP contribution in [0.25, 0.3) is 6.08 Å². The number of carbonyl (C=O) groups is 1. The highest BCUT2D eigenvalue weighted by molar-refractivity contribution is 8.26. The molecule has 160 valence electrons. The third-order valence-electron chi connectivity index (χ3n) is 5.06. The fourth-order valence-electron chi connectivity index (χ4n) is 3.38. The SMILES string of the molecule is CCN1C(=O)/C(=C\c2c(C)c(C#N)c(=O)n(CC)c2NCc2ccccc2Cl)SC1=S. The van der Waals surface area contributed by atoms with Crippen LogP contribution in [0, 0.1) is 18.3 Å². The van der Waals surface area contributed by atoms with Crippen LogP contribution < -0.4 is 10.9 Å². The van der Waals surface area contributed by atoms with Crippen molar-refractivity contribution in [2.45, 2.75) is 33.9 Å². The quantitative estimate of drug-likeness (QED) is 0.491. The maximum atomic E-state index is 12.9. The van der Waals surface area contributed by atoms with Crippen LogP contribution in [-0.4, -0.2) is 26.2 Å². The van der Waals surface area contributed by atoms with Crippen LogP contribution in [0.3, 0.4) is 0 Å². The minimum atomic E-state index is -0.373. The Bertz CT molecular complexity index is 1200. The van der Waals surface area contributed by atoms with Gasteiger partial charge >= 0.3 is 0 Å². The number of carbonyl (C=O) groups excluding carboxylic acids is 1. The Hall–Kier alpha value is -2.60. The molecule has 6 nitrogen and oxygen atoms in total. The average Bonchev–Trinajstić information content (AvgIpc) is 3.02. The zero-order chi connectivity index (χ0) is 22.7. The van der Waals surface area contributed by atoms with Crippen molar-refractivity contribution in [3.63, 3.8) is 0 Å². The number of nitrogens with one attached hydrogen (secondary N) is 1. The van der Waals surface area contributed by atoms with E-state index in [0.717, 1.165) is 5.56 Å². The van der Waals surface area contributed by atoms with Gasteiger partial charge in [0.25, 0.3) is 11.5 Å². The highest BCUT2D eigenvalue weighted by Crippen LogP contribution is 2.35. The zero-order valence-electron chi connectivity index (χ0n) is 17.4. The maximum absolute atomic E-state index is 12.9. The van der Waals surface area contributed by atoms with Crippen molar-refractivity contribution in [1.82, 2.24) is 9.47 Å². The van der Waals surface area contributed by atoms with Crippen LogP contribution in [0.4, 0.5) is 5.82 Å². The third-order valence-corrected chi connectivity index (χ3v) is 6.81. The van der Waals surface area contributed by atoms with Crippen LogP contribution >= 0.6 is 35.6 Å². The van der Waals surface area contributed by atoms with E-state index in [1.807, 2.05) is 38.1 Å². The molecule has 1 aliphatic rings. The molecule has 3 rings (SSSR count). The molecule has 0 bridgehead atoms. The summed E-state index contributed by atoms with van der Waals surface area (Å²) in [5, 5.41) is 13.5. The molecule has 1 N–H and O–H groups in total. The van der Waals surface area contributed by atoms with Crippen LogP contribution in [0.15, 0.2) is 34.0 Å². The summed E-state index contributed by atoms with van der Waals surface area (Å²) < 4.78 is 2.00.